The van der Waals surface area contributed by atoms with E-state index >= 15 is 0 Å². The number of likely N-dealkylation sites (tertiary alicyclic amines) is 1. The van der Waals surface area contributed by atoms with Crippen molar-refractivity contribution in [2.45, 2.75) is 58.3 Å². The number of rotatable bonds is 9. The molecule has 2 aromatic rings. The molecule has 0 saturated carbocycles. The zero-order valence-corrected chi connectivity index (χ0v) is 19.1. The standard InChI is InChI=1S/C26H35N3O3/c1-3-19(2)24(28-25(31)22-7-5-4-6-8-22)26(32)27-17-20-9-11-21(12-10-20)18-29-15-13-23(30)14-16-29/h4-12,19,23-24,30H,3,13-18H2,1-2H3,(H,27,32)(H,28,31). The number of amides is 2. The third-order valence-corrected chi connectivity index (χ3v) is 6.27. The summed E-state index contributed by atoms with van der Waals surface area (Å²) < 4.78 is 0. The van der Waals surface area contributed by atoms with Gasteiger partial charge in [-0.25, -0.2) is 0 Å². The highest BCUT2D eigenvalue weighted by molar-refractivity contribution is 5.97. The van der Waals surface area contributed by atoms with Crippen LogP contribution in [0.5, 0.6) is 0 Å². The lowest BCUT2D eigenvalue weighted by molar-refractivity contribution is -0.124. The number of carbonyl (C=O) groups is 2. The van der Waals surface area contributed by atoms with Gasteiger partial charge in [0, 0.05) is 31.7 Å². The third kappa shape index (κ3) is 6.90. The quantitative estimate of drug-likeness (QED) is 0.563. The molecule has 0 aromatic heterocycles. The van der Waals surface area contributed by atoms with Gasteiger partial charge in [-0.1, -0.05) is 62.7 Å². The van der Waals surface area contributed by atoms with Gasteiger partial charge in [-0.15, -0.1) is 0 Å². The molecule has 6 nitrogen and oxygen atoms in total. The van der Waals surface area contributed by atoms with Gasteiger partial charge in [-0.3, -0.25) is 14.5 Å². The molecule has 0 bridgehead atoms. The summed E-state index contributed by atoms with van der Waals surface area (Å²) >= 11 is 0. The van der Waals surface area contributed by atoms with Crippen molar-refractivity contribution in [3.05, 3.63) is 71.3 Å². The summed E-state index contributed by atoms with van der Waals surface area (Å²) in [5.41, 5.74) is 2.80. The van der Waals surface area contributed by atoms with E-state index in [0.29, 0.717) is 12.1 Å². The molecule has 0 radical (unpaired) electrons. The Hall–Kier alpha value is -2.70. The maximum atomic E-state index is 12.9. The topological polar surface area (TPSA) is 81.7 Å². The van der Waals surface area contributed by atoms with Crippen LogP contribution >= 0.6 is 0 Å². The van der Waals surface area contributed by atoms with Gasteiger partial charge in [0.1, 0.15) is 6.04 Å². The average Bonchev–Trinajstić information content (AvgIpc) is 2.83. The van der Waals surface area contributed by atoms with Crippen LogP contribution in [0.15, 0.2) is 54.6 Å². The summed E-state index contributed by atoms with van der Waals surface area (Å²) in [6.07, 6.45) is 2.30. The Morgan fingerprint density at radius 1 is 1.03 bits per heavy atom. The van der Waals surface area contributed by atoms with Crippen molar-refractivity contribution in [3.63, 3.8) is 0 Å². The normalized spacial score (nSPS) is 16.8. The molecular weight excluding hydrogens is 402 g/mol. The van der Waals surface area contributed by atoms with E-state index in [1.807, 2.05) is 44.2 Å². The van der Waals surface area contributed by atoms with E-state index in [1.54, 1.807) is 12.1 Å². The molecule has 3 N–H and O–H groups in total. The van der Waals surface area contributed by atoms with E-state index in [2.05, 4.69) is 27.7 Å². The Labute approximate surface area is 191 Å². The van der Waals surface area contributed by atoms with Gasteiger partial charge in [0.25, 0.3) is 5.91 Å². The molecule has 1 fully saturated rings. The molecule has 3 rings (SSSR count). The zero-order chi connectivity index (χ0) is 22.9. The summed E-state index contributed by atoms with van der Waals surface area (Å²) in [6, 6.07) is 16.6. The summed E-state index contributed by atoms with van der Waals surface area (Å²) in [4.78, 5) is 27.8. The van der Waals surface area contributed by atoms with E-state index in [9.17, 15) is 14.7 Å². The summed E-state index contributed by atoms with van der Waals surface area (Å²) in [5.74, 6) is -0.381. The highest BCUT2D eigenvalue weighted by Gasteiger charge is 2.26. The first-order valence-electron chi connectivity index (χ1n) is 11.6. The van der Waals surface area contributed by atoms with Crippen molar-refractivity contribution in [2.24, 2.45) is 5.92 Å². The lowest BCUT2D eigenvalue weighted by atomic mass is 9.97. The number of aliphatic hydroxyl groups is 1. The summed E-state index contributed by atoms with van der Waals surface area (Å²) in [5, 5.41) is 15.5. The monoisotopic (exact) mass is 437 g/mol. The van der Waals surface area contributed by atoms with Crippen molar-refractivity contribution >= 4 is 11.8 Å². The van der Waals surface area contributed by atoms with Gasteiger partial charge in [0.15, 0.2) is 0 Å². The Morgan fingerprint density at radius 3 is 2.28 bits per heavy atom. The van der Waals surface area contributed by atoms with E-state index in [0.717, 1.165) is 44.5 Å². The first-order valence-corrected chi connectivity index (χ1v) is 11.6. The van der Waals surface area contributed by atoms with Crippen LogP contribution in [0.1, 0.15) is 54.6 Å². The first kappa shape index (κ1) is 24.0. The lowest BCUT2D eigenvalue weighted by Crippen LogP contribution is -2.50. The number of hydrogen-bond acceptors (Lipinski definition) is 4. The molecule has 1 heterocycles. The number of piperidine rings is 1. The maximum absolute atomic E-state index is 12.9. The zero-order valence-electron chi connectivity index (χ0n) is 19.1. The number of carbonyl (C=O) groups excluding carboxylic acids is 2. The molecular formula is C26H35N3O3. The highest BCUT2D eigenvalue weighted by atomic mass is 16.3. The molecule has 0 spiro atoms. The van der Waals surface area contributed by atoms with Crippen molar-refractivity contribution in [3.8, 4) is 0 Å². The van der Waals surface area contributed by atoms with E-state index in [4.69, 9.17) is 0 Å². The van der Waals surface area contributed by atoms with Crippen molar-refractivity contribution < 1.29 is 14.7 Å². The summed E-state index contributed by atoms with van der Waals surface area (Å²) in [7, 11) is 0. The lowest BCUT2D eigenvalue weighted by Gasteiger charge is -2.29. The second-order valence-electron chi connectivity index (χ2n) is 8.74. The molecule has 6 heteroatoms. The van der Waals surface area contributed by atoms with Crippen LogP contribution in [0.4, 0.5) is 0 Å². The SMILES string of the molecule is CCC(C)C(NC(=O)c1ccccc1)C(=O)NCc1ccc(CN2CCC(O)CC2)cc1. The Balaban J connectivity index is 1.53. The van der Waals surface area contributed by atoms with E-state index < -0.39 is 6.04 Å². The minimum Gasteiger partial charge on any atom is -0.393 e. The van der Waals surface area contributed by atoms with E-state index in [-0.39, 0.29) is 23.8 Å². The molecule has 2 amide bonds. The molecule has 0 aliphatic carbocycles. The molecule has 32 heavy (non-hydrogen) atoms. The Kier molecular flexibility index (Phi) is 8.82. The molecule has 1 saturated heterocycles. The average molecular weight is 438 g/mol. The van der Waals surface area contributed by atoms with Crippen LogP contribution in [0.25, 0.3) is 0 Å². The second kappa shape index (κ2) is 11.8. The van der Waals surface area contributed by atoms with Gasteiger partial charge in [0.05, 0.1) is 6.10 Å². The fourth-order valence-corrected chi connectivity index (χ4v) is 3.91. The van der Waals surface area contributed by atoms with Crippen LogP contribution < -0.4 is 10.6 Å². The van der Waals surface area contributed by atoms with Gasteiger partial charge in [0.2, 0.25) is 5.91 Å². The third-order valence-electron chi connectivity index (χ3n) is 6.27. The van der Waals surface area contributed by atoms with Crippen molar-refractivity contribution in [1.29, 1.82) is 0 Å². The fourth-order valence-electron chi connectivity index (χ4n) is 3.91. The largest absolute Gasteiger partial charge is 0.393 e. The second-order valence-corrected chi connectivity index (χ2v) is 8.74. The highest BCUT2D eigenvalue weighted by Crippen LogP contribution is 2.15. The Morgan fingerprint density at radius 2 is 1.66 bits per heavy atom. The van der Waals surface area contributed by atoms with Crippen LogP contribution in [0, 0.1) is 5.92 Å². The van der Waals surface area contributed by atoms with Crippen LogP contribution in [-0.2, 0) is 17.9 Å². The number of hydrogen-bond donors (Lipinski definition) is 3. The van der Waals surface area contributed by atoms with Gasteiger partial charge in [-0.2, -0.15) is 0 Å². The molecule has 2 aromatic carbocycles. The van der Waals surface area contributed by atoms with Gasteiger partial charge < -0.3 is 15.7 Å². The van der Waals surface area contributed by atoms with Gasteiger partial charge >= 0.3 is 0 Å². The molecule has 172 valence electrons. The minimum atomic E-state index is -0.582. The van der Waals surface area contributed by atoms with Crippen LogP contribution in [-0.4, -0.2) is 47.1 Å². The molecule has 1 aliphatic rings. The van der Waals surface area contributed by atoms with E-state index in [1.165, 1.54) is 5.56 Å². The number of benzene rings is 2. The fraction of sp³-hybridized carbons (Fsp3) is 0.462. The molecule has 1 aliphatic heterocycles. The summed E-state index contributed by atoms with van der Waals surface area (Å²) in [6.45, 7) is 7.13. The van der Waals surface area contributed by atoms with Crippen molar-refractivity contribution in [1.82, 2.24) is 15.5 Å². The van der Waals surface area contributed by atoms with Crippen molar-refractivity contribution in [2.75, 3.05) is 13.1 Å². The predicted molar refractivity (Wildman–Crippen MR) is 126 cm³/mol. The first-order chi connectivity index (χ1) is 15.5. The van der Waals surface area contributed by atoms with Crippen LogP contribution in [0.3, 0.4) is 0 Å². The van der Waals surface area contributed by atoms with Gasteiger partial charge in [-0.05, 0) is 42.0 Å². The van der Waals surface area contributed by atoms with Crippen LogP contribution in [0.2, 0.25) is 0 Å². The molecule has 2 atom stereocenters. The number of nitrogens with zero attached hydrogens (tertiary/aromatic N) is 1. The number of nitrogens with one attached hydrogen (secondary N) is 2. The number of aliphatic hydroxyl groups excluding tert-OH is 1. The smallest absolute Gasteiger partial charge is 0.251 e. The Bertz CT molecular complexity index is 862. The molecule has 2 unspecified atom stereocenters. The minimum absolute atomic E-state index is 0.0214. The maximum Gasteiger partial charge on any atom is 0.251 e. The predicted octanol–water partition coefficient (Wildman–Crippen LogP) is 3.10.